The lowest BCUT2D eigenvalue weighted by Gasteiger charge is -2.16. The summed E-state index contributed by atoms with van der Waals surface area (Å²) in [5, 5.41) is 6.54. The molecule has 0 radical (unpaired) electrons. The van der Waals surface area contributed by atoms with E-state index in [-0.39, 0.29) is 30.1 Å². The summed E-state index contributed by atoms with van der Waals surface area (Å²) in [6.45, 7) is 3.98. The van der Waals surface area contributed by atoms with Gasteiger partial charge in [-0.1, -0.05) is 42.5 Å². The van der Waals surface area contributed by atoms with E-state index in [0.29, 0.717) is 18.0 Å². The van der Waals surface area contributed by atoms with Gasteiger partial charge in [0.25, 0.3) is 0 Å². The van der Waals surface area contributed by atoms with Crippen LogP contribution in [0.15, 0.2) is 64.5 Å². The van der Waals surface area contributed by atoms with E-state index in [2.05, 4.69) is 15.6 Å². The third kappa shape index (κ3) is 8.71. The van der Waals surface area contributed by atoms with E-state index in [0.717, 1.165) is 30.1 Å². The molecule has 0 aliphatic carbocycles. The summed E-state index contributed by atoms with van der Waals surface area (Å²) < 4.78 is 28.6. The van der Waals surface area contributed by atoms with Crippen LogP contribution in [0.5, 0.6) is 0 Å². The first-order chi connectivity index (χ1) is 13.4. The fraction of sp³-hybridized carbons (Fsp3) is 0.381. The average Bonchev–Trinajstić information content (AvgIpc) is 2.69. The Hall–Kier alpha value is -1.65. The molecule has 0 fully saturated rings. The van der Waals surface area contributed by atoms with Crippen molar-refractivity contribution in [3.05, 3.63) is 65.7 Å². The molecule has 0 saturated carbocycles. The van der Waals surface area contributed by atoms with Gasteiger partial charge in [0, 0.05) is 26.5 Å². The Morgan fingerprint density at radius 1 is 1.07 bits per heavy atom. The van der Waals surface area contributed by atoms with E-state index in [4.69, 9.17) is 4.74 Å². The van der Waals surface area contributed by atoms with Crippen LogP contribution < -0.4 is 10.6 Å². The molecule has 2 rings (SSSR count). The standard InChI is InChI=1S/C21H29N3O3S.HI/c1-4-22-21(24-16-20(27-2)18-8-6-5-7-9-18)23-15-14-17-10-12-19(13-11-17)28(3,25)26;/h5-13,20H,4,14-16H2,1-3H3,(H2,22,23,24);1H. The van der Waals surface area contributed by atoms with Gasteiger partial charge in [-0.3, -0.25) is 4.99 Å². The van der Waals surface area contributed by atoms with E-state index in [1.165, 1.54) is 6.26 Å². The van der Waals surface area contributed by atoms with Gasteiger partial charge in [0.05, 0.1) is 11.4 Å². The largest absolute Gasteiger partial charge is 0.375 e. The molecular formula is C21H30IN3O3S. The van der Waals surface area contributed by atoms with E-state index < -0.39 is 9.84 Å². The van der Waals surface area contributed by atoms with E-state index in [1.807, 2.05) is 49.4 Å². The van der Waals surface area contributed by atoms with Gasteiger partial charge in [-0.2, -0.15) is 0 Å². The number of sulfone groups is 1. The fourth-order valence-electron chi connectivity index (χ4n) is 2.73. The van der Waals surface area contributed by atoms with Gasteiger partial charge in [0.15, 0.2) is 15.8 Å². The van der Waals surface area contributed by atoms with Crippen LogP contribution in [0.1, 0.15) is 24.2 Å². The second-order valence-electron chi connectivity index (χ2n) is 6.45. The maximum atomic E-state index is 11.5. The Kier molecular flexibility index (Phi) is 11.2. The minimum atomic E-state index is -3.16. The van der Waals surface area contributed by atoms with Crippen molar-refractivity contribution in [1.82, 2.24) is 10.6 Å². The number of ether oxygens (including phenoxy) is 1. The SMILES string of the molecule is CCNC(=NCC(OC)c1ccccc1)NCCc1ccc(S(C)(=O)=O)cc1.I. The first-order valence-corrected chi connectivity index (χ1v) is 11.2. The van der Waals surface area contributed by atoms with Gasteiger partial charge < -0.3 is 15.4 Å². The van der Waals surface area contributed by atoms with Crippen LogP contribution in [0.4, 0.5) is 0 Å². The molecule has 2 N–H and O–H groups in total. The molecule has 0 saturated heterocycles. The molecule has 8 heteroatoms. The summed E-state index contributed by atoms with van der Waals surface area (Å²) in [5.74, 6) is 0.730. The highest BCUT2D eigenvalue weighted by molar-refractivity contribution is 14.0. The average molecular weight is 531 g/mol. The number of methoxy groups -OCH3 is 1. The highest BCUT2D eigenvalue weighted by atomic mass is 127. The number of hydrogen-bond acceptors (Lipinski definition) is 4. The normalized spacial score (nSPS) is 12.7. The molecule has 0 heterocycles. The predicted molar refractivity (Wildman–Crippen MR) is 129 cm³/mol. The minimum absolute atomic E-state index is 0. The molecule has 0 aliphatic rings. The second kappa shape index (κ2) is 12.8. The van der Waals surface area contributed by atoms with Crippen LogP contribution in [-0.4, -0.2) is 47.4 Å². The van der Waals surface area contributed by atoms with Gasteiger partial charge in [-0.15, -0.1) is 24.0 Å². The Bertz CT molecular complexity index is 856. The maximum Gasteiger partial charge on any atom is 0.191 e. The molecule has 0 aromatic heterocycles. The first-order valence-electron chi connectivity index (χ1n) is 9.33. The lowest BCUT2D eigenvalue weighted by Crippen LogP contribution is -2.38. The molecule has 6 nitrogen and oxygen atoms in total. The van der Waals surface area contributed by atoms with Crippen molar-refractivity contribution in [3.8, 4) is 0 Å². The van der Waals surface area contributed by atoms with Gasteiger partial charge >= 0.3 is 0 Å². The van der Waals surface area contributed by atoms with Crippen LogP contribution in [0.25, 0.3) is 0 Å². The van der Waals surface area contributed by atoms with Crippen molar-refractivity contribution in [2.24, 2.45) is 4.99 Å². The van der Waals surface area contributed by atoms with Crippen molar-refractivity contribution >= 4 is 39.8 Å². The van der Waals surface area contributed by atoms with Gasteiger partial charge in [0.1, 0.15) is 6.10 Å². The summed E-state index contributed by atoms with van der Waals surface area (Å²) in [7, 11) is -1.47. The van der Waals surface area contributed by atoms with Crippen molar-refractivity contribution in [2.75, 3.05) is 33.0 Å². The summed E-state index contributed by atoms with van der Waals surface area (Å²) in [5.41, 5.74) is 2.16. The molecule has 0 spiro atoms. The Balaban J connectivity index is 0.00000420. The van der Waals surface area contributed by atoms with Gasteiger partial charge in [-0.05, 0) is 36.6 Å². The molecule has 0 amide bonds. The first kappa shape index (κ1) is 25.4. The molecule has 29 heavy (non-hydrogen) atoms. The Morgan fingerprint density at radius 3 is 2.28 bits per heavy atom. The van der Waals surface area contributed by atoms with Crippen molar-refractivity contribution in [2.45, 2.75) is 24.3 Å². The zero-order chi connectivity index (χ0) is 20.4. The number of nitrogens with zero attached hydrogens (tertiary/aromatic N) is 1. The summed E-state index contributed by atoms with van der Waals surface area (Å²) in [6, 6.07) is 17.0. The summed E-state index contributed by atoms with van der Waals surface area (Å²) in [4.78, 5) is 4.97. The predicted octanol–water partition coefficient (Wildman–Crippen LogP) is 3.19. The number of hydrogen-bond donors (Lipinski definition) is 2. The molecular weight excluding hydrogens is 501 g/mol. The lowest BCUT2D eigenvalue weighted by molar-refractivity contribution is 0.111. The van der Waals surface area contributed by atoms with Gasteiger partial charge in [0.2, 0.25) is 0 Å². The van der Waals surface area contributed by atoms with E-state index in [1.54, 1.807) is 19.2 Å². The van der Waals surface area contributed by atoms with Crippen LogP contribution in [0.2, 0.25) is 0 Å². The van der Waals surface area contributed by atoms with E-state index >= 15 is 0 Å². The molecule has 0 aliphatic heterocycles. The third-order valence-corrected chi connectivity index (χ3v) is 5.40. The molecule has 1 unspecified atom stereocenters. The summed E-state index contributed by atoms with van der Waals surface area (Å²) >= 11 is 0. The number of nitrogens with one attached hydrogen (secondary N) is 2. The fourth-order valence-corrected chi connectivity index (χ4v) is 3.36. The van der Waals surface area contributed by atoms with Crippen molar-refractivity contribution in [3.63, 3.8) is 0 Å². The zero-order valence-corrected chi connectivity index (χ0v) is 20.2. The van der Waals surface area contributed by atoms with Gasteiger partial charge in [-0.25, -0.2) is 8.42 Å². The third-order valence-electron chi connectivity index (χ3n) is 4.27. The molecule has 2 aromatic carbocycles. The quantitative estimate of drug-likeness (QED) is 0.295. The smallest absolute Gasteiger partial charge is 0.191 e. The lowest BCUT2D eigenvalue weighted by atomic mass is 10.1. The zero-order valence-electron chi connectivity index (χ0n) is 17.1. The number of aliphatic imine (C=N–C) groups is 1. The molecule has 2 aromatic rings. The molecule has 0 bridgehead atoms. The van der Waals surface area contributed by atoms with Crippen LogP contribution >= 0.6 is 24.0 Å². The Labute approximate surface area is 191 Å². The summed E-state index contributed by atoms with van der Waals surface area (Å²) in [6.07, 6.45) is 1.88. The van der Waals surface area contributed by atoms with Crippen LogP contribution in [-0.2, 0) is 21.0 Å². The second-order valence-corrected chi connectivity index (χ2v) is 8.46. The number of rotatable bonds is 9. The highest BCUT2D eigenvalue weighted by Crippen LogP contribution is 2.16. The topological polar surface area (TPSA) is 79.8 Å². The van der Waals surface area contributed by atoms with Crippen molar-refractivity contribution in [1.29, 1.82) is 0 Å². The maximum absolute atomic E-state index is 11.5. The monoisotopic (exact) mass is 531 g/mol. The number of guanidine groups is 1. The molecule has 160 valence electrons. The number of benzene rings is 2. The Morgan fingerprint density at radius 2 is 1.72 bits per heavy atom. The van der Waals surface area contributed by atoms with E-state index in [9.17, 15) is 8.42 Å². The number of halogens is 1. The van der Waals surface area contributed by atoms with Crippen LogP contribution in [0, 0.1) is 0 Å². The highest BCUT2D eigenvalue weighted by Gasteiger charge is 2.10. The van der Waals surface area contributed by atoms with Crippen molar-refractivity contribution < 1.29 is 13.2 Å². The van der Waals surface area contributed by atoms with Crippen LogP contribution in [0.3, 0.4) is 0 Å². The molecule has 1 atom stereocenters. The minimum Gasteiger partial charge on any atom is -0.375 e.